The summed E-state index contributed by atoms with van der Waals surface area (Å²) in [6.07, 6.45) is 0.552. The molecule has 0 unspecified atom stereocenters. The topological polar surface area (TPSA) is 77.5 Å². The van der Waals surface area contributed by atoms with Crippen molar-refractivity contribution in [3.8, 4) is 0 Å². The van der Waals surface area contributed by atoms with Crippen LogP contribution in [0.15, 0.2) is 136 Å². The van der Waals surface area contributed by atoms with Crippen LogP contribution in [0.4, 0.5) is 4.79 Å². The normalized spacial score (nSPS) is 11.9. The molecule has 1 N–H and O–H groups in total. The van der Waals surface area contributed by atoms with Crippen molar-refractivity contribution in [3.63, 3.8) is 0 Å². The first-order chi connectivity index (χ1) is 26.5. The average Bonchev–Trinajstić information content (AvgIpc) is 3.92. The second kappa shape index (κ2) is 16.8. The van der Waals surface area contributed by atoms with Crippen molar-refractivity contribution < 1.29 is 19.1 Å². The number of carbonyl (C=O) groups is 2. The van der Waals surface area contributed by atoms with E-state index in [1.54, 1.807) is 23.1 Å². The SMILES string of the molecule is C=CC(=O)OCCNC(=O)OCC(CSc1nc2ccccc2s1)(CSc1cccc2c1sc1ccccc12)CSc1cccc2c1sc1ccccc12. The van der Waals surface area contributed by atoms with E-state index in [4.69, 9.17) is 14.5 Å². The summed E-state index contributed by atoms with van der Waals surface area (Å²) in [4.78, 5) is 32.1. The van der Waals surface area contributed by atoms with Crippen molar-refractivity contribution in [3.05, 3.63) is 122 Å². The highest BCUT2D eigenvalue weighted by Gasteiger charge is 2.34. The maximum atomic E-state index is 13.2. The summed E-state index contributed by atoms with van der Waals surface area (Å²) in [5.41, 5.74) is 0.516. The molecule has 0 spiro atoms. The van der Waals surface area contributed by atoms with Crippen LogP contribution in [-0.2, 0) is 14.3 Å². The largest absolute Gasteiger partial charge is 0.461 e. The van der Waals surface area contributed by atoms with Gasteiger partial charge in [-0.15, -0.1) is 57.5 Å². The zero-order valence-corrected chi connectivity index (χ0v) is 33.8. The third-order valence-electron chi connectivity index (χ3n) is 8.87. The van der Waals surface area contributed by atoms with Crippen molar-refractivity contribution in [2.75, 3.05) is 37.0 Å². The highest BCUT2D eigenvalue weighted by atomic mass is 32.2. The molecule has 8 rings (SSSR count). The Morgan fingerprint density at radius 3 is 1.83 bits per heavy atom. The first kappa shape index (κ1) is 36.9. The molecule has 8 aromatic rings. The molecule has 0 atom stereocenters. The monoisotopic (exact) mass is 822 g/mol. The number of ether oxygens (including phenoxy) is 2. The fourth-order valence-electron chi connectivity index (χ4n) is 6.14. The Morgan fingerprint density at radius 2 is 1.22 bits per heavy atom. The number of thiazole rings is 1. The van der Waals surface area contributed by atoms with Crippen molar-refractivity contribution in [2.45, 2.75) is 14.1 Å². The summed E-state index contributed by atoms with van der Waals surface area (Å²) in [5.74, 6) is 1.56. The molecule has 0 radical (unpaired) electrons. The lowest BCUT2D eigenvalue weighted by molar-refractivity contribution is -0.137. The number of fused-ring (bicyclic) bond motifs is 7. The summed E-state index contributed by atoms with van der Waals surface area (Å²) in [7, 11) is 0. The molecule has 0 saturated carbocycles. The van der Waals surface area contributed by atoms with E-state index in [1.165, 1.54) is 50.1 Å². The van der Waals surface area contributed by atoms with Crippen LogP contribution in [0.2, 0.25) is 0 Å². The number of hydrogen-bond donors (Lipinski definition) is 1. The summed E-state index contributed by atoms with van der Waals surface area (Å²) in [6.45, 7) is 3.78. The molecule has 5 aromatic carbocycles. The molecule has 272 valence electrons. The van der Waals surface area contributed by atoms with E-state index in [1.807, 2.05) is 64.4 Å². The highest BCUT2D eigenvalue weighted by molar-refractivity contribution is 8.02. The number of rotatable bonds is 15. The average molecular weight is 823 g/mol. The van der Waals surface area contributed by atoms with Gasteiger partial charge in [-0.1, -0.05) is 91.1 Å². The van der Waals surface area contributed by atoms with Gasteiger partial charge in [0.25, 0.3) is 0 Å². The van der Waals surface area contributed by atoms with Crippen LogP contribution in [0, 0.1) is 5.41 Å². The predicted molar refractivity (Wildman–Crippen MR) is 233 cm³/mol. The number of thioether (sulfide) groups is 3. The number of alkyl carbamates (subject to hydrolysis) is 1. The number of amides is 1. The van der Waals surface area contributed by atoms with Gasteiger partial charge in [0, 0.05) is 78.9 Å². The Labute approximate surface area is 337 Å². The van der Waals surface area contributed by atoms with Crippen molar-refractivity contribution >= 4 is 132 Å². The van der Waals surface area contributed by atoms with Gasteiger partial charge in [0.15, 0.2) is 4.34 Å². The van der Waals surface area contributed by atoms with Crippen LogP contribution < -0.4 is 5.32 Å². The number of nitrogens with one attached hydrogen (secondary N) is 1. The number of hydrogen-bond acceptors (Lipinski definition) is 11. The second-order valence-corrected chi connectivity index (χ2v) is 19.0. The Hall–Kier alpha value is -4.04. The maximum Gasteiger partial charge on any atom is 0.407 e. The van der Waals surface area contributed by atoms with Gasteiger partial charge >= 0.3 is 12.1 Å². The summed E-state index contributed by atoms with van der Waals surface area (Å²) in [5, 5.41) is 7.80. The second-order valence-electron chi connectivity index (χ2n) is 12.7. The van der Waals surface area contributed by atoms with E-state index in [9.17, 15) is 9.59 Å². The predicted octanol–water partition coefficient (Wildman–Crippen LogP) is 12.2. The molecule has 0 fully saturated rings. The third-order valence-corrected chi connectivity index (χ3v) is 16.9. The van der Waals surface area contributed by atoms with E-state index in [2.05, 4.69) is 103 Å². The van der Waals surface area contributed by atoms with Crippen LogP contribution in [0.1, 0.15) is 0 Å². The number of benzene rings is 5. The number of para-hydroxylation sites is 1. The molecular weight excluding hydrogens is 789 g/mol. The Kier molecular flexibility index (Phi) is 11.5. The summed E-state index contributed by atoms with van der Waals surface area (Å²) >= 11 is 10.7. The lowest BCUT2D eigenvalue weighted by atomic mass is 9.97. The van der Waals surface area contributed by atoms with Crippen LogP contribution in [0.5, 0.6) is 0 Å². The number of carbonyl (C=O) groups excluding carboxylic acids is 2. The van der Waals surface area contributed by atoms with E-state index in [0.29, 0.717) is 17.3 Å². The van der Waals surface area contributed by atoms with E-state index < -0.39 is 17.5 Å². The number of esters is 1. The van der Waals surface area contributed by atoms with E-state index >= 15 is 0 Å². The van der Waals surface area contributed by atoms with Gasteiger partial charge in [-0.05, 0) is 36.4 Å². The maximum absolute atomic E-state index is 13.2. The van der Waals surface area contributed by atoms with Crippen molar-refractivity contribution in [1.82, 2.24) is 10.3 Å². The summed E-state index contributed by atoms with van der Waals surface area (Å²) in [6, 6.07) is 38.4. The zero-order valence-electron chi connectivity index (χ0n) is 28.9. The lowest BCUT2D eigenvalue weighted by Gasteiger charge is -2.32. The molecule has 0 aliphatic rings. The number of nitrogens with zero attached hydrogens (tertiary/aromatic N) is 1. The molecular formula is C42H34N2O4S6. The van der Waals surface area contributed by atoms with Crippen LogP contribution >= 0.6 is 69.3 Å². The number of thiophene rings is 2. The molecule has 6 nitrogen and oxygen atoms in total. The smallest absolute Gasteiger partial charge is 0.407 e. The fraction of sp³-hybridized carbons (Fsp3) is 0.167. The van der Waals surface area contributed by atoms with Gasteiger partial charge in [-0.2, -0.15) is 0 Å². The minimum atomic E-state index is -0.549. The van der Waals surface area contributed by atoms with Gasteiger partial charge in [-0.25, -0.2) is 14.6 Å². The molecule has 3 aromatic heterocycles. The van der Waals surface area contributed by atoms with Crippen molar-refractivity contribution in [1.29, 1.82) is 0 Å². The van der Waals surface area contributed by atoms with Gasteiger partial charge in [-0.3, -0.25) is 0 Å². The van der Waals surface area contributed by atoms with Gasteiger partial charge in [0.1, 0.15) is 13.2 Å². The summed E-state index contributed by atoms with van der Waals surface area (Å²) < 4.78 is 18.3. The molecule has 0 aliphatic carbocycles. The molecule has 3 heterocycles. The third kappa shape index (κ3) is 8.14. The quantitative estimate of drug-likeness (QED) is 0.0474. The highest BCUT2D eigenvalue weighted by Crippen LogP contribution is 2.46. The Balaban J connectivity index is 1.12. The first-order valence-corrected chi connectivity index (χ1v) is 22.6. The molecule has 0 bridgehead atoms. The molecule has 0 aliphatic heterocycles. The Morgan fingerprint density at radius 1 is 0.667 bits per heavy atom. The van der Waals surface area contributed by atoms with Gasteiger partial charge < -0.3 is 14.8 Å². The van der Waals surface area contributed by atoms with E-state index in [-0.39, 0.29) is 19.8 Å². The van der Waals surface area contributed by atoms with Crippen LogP contribution in [-0.4, -0.2) is 54.1 Å². The van der Waals surface area contributed by atoms with Crippen LogP contribution in [0.25, 0.3) is 50.6 Å². The van der Waals surface area contributed by atoms with Crippen molar-refractivity contribution in [2.24, 2.45) is 5.41 Å². The first-order valence-electron chi connectivity index (χ1n) is 17.2. The van der Waals surface area contributed by atoms with E-state index in [0.717, 1.165) is 20.6 Å². The molecule has 12 heteroatoms. The zero-order chi connectivity index (χ0) is 36.9. The molecule has 1 amide bonds. The van der Waals surface area contributed by atoms with Crippen LogP contribution in [0.3, 0.4) is 0 Å². The fourth-order valence-corrected chi connectivity index (χ4v) is 13.9. The van der Waals surface area contributed by atoms with Gasteiger partial charge in [0.05, 0.1) is 16.8 Å². The molecule has 54 heavy (non-hydrogen) atoms. The molecule has 0 saturated heterocycles. The minimum Gasteiger partial charge on any atom is -0.461 e. The minimum absolute atomic E-state index is 0.0304. The lowest BCUT2D eigenvalue weighted by Crippen LogP contribution is -2.39. The standard InChI is InChI=1S/C42H34N2O4S6/c1-2-37(45)47-22-21-43-40(46)48-23-42(26-51-41-44-31-15-5-8-18-34(31)54-41,24-49-35-19-9-13-29-27-11-3-6-16-32(27)52-38(29)35)25-50-36-20-10-14-30-28-12-4-7-17-33(28)53-39(30)36/h2-20H,1,21-26H2,(H,43,46). The van der Waals surface area contributed by atoms with Gasteiger partial charge in [0.2, 0.25) is 0 Å². The number of aromatic nitrogens is 1. The Bertz CT molecular complexity index is 2480.